The van der Waals surface area contributed by atoms with Gasteiger partial charge in [0, 0.05) is 0 Å². The van der Waals surface area contributed by atoms with Crippen LogP contribution in [0.3, 0.4) is 0 Å². The number of para-hydroxylation sites is 1. The monoisotopic (exact) mass is 390 g/mol. The van der Waals surface area contributed by atoms with Crippen LogP contribution in [0.4, 0.5) is 0 Å². The Morgan fingerprint density at radius 1 is 0.640 bits per heavy atom. The van der Waals surface area contributed by atoms with Crippen LogP contribution in [-0.4, -0.2) is 14.5 Å². The molecule has 122 valence electrons. The van der Waals surface area contributed by atoms with E-state index in [9.17, 15) is 0 Å². The first-order chi connectivity index (χ1) is 12.4. The van der Waals surface area contributed by atoms with Crippen LogP contribution in [0.5, 0.6) is 5.75 Å². The molecule has 0 aliphatic heterocycles. The van der Waals surface area contributed by atoms with Crippen molar-refractivity contribution in [2.24, 2.45) is 0 Å². The van der Waals surface area contributed by atoms with Crippen molar-refractivity contribution in [1.29, 1.82) is 0 Å². The van der Waals surface area contributed by atoms with Gasteiger partial charge in [-0.2, -0.15) is 0 Å². The first-order valence-electron chi connectivity index (χ1n) is 8.31. The van der Waals surface area contributed by atoms with Crippen molar-refractivity contribution >= 4 is 14.5 Å². The Bertz CT molecular complexity index is 928. The summed E-state index contributed by atoms with van der Waals surface area (Å²) in [6.45, 7) is 0.603. The molecule has 0 atom stereocenters. The molecule has 0 saturated carbocycles. The normalized spacial score (nSPS) is 10.6. The summed E-state index contributed by atoms with van der Waals surface area (Å²) in [6, 6.07) is 31.4. The van der Waals surface area contributed by atoms with Gasteiger partial charge in [0.25, 0.3) is 0 Å². The molecule has 2 heteroatoms. The zero-order valence-electron chi connectivity index (χ0n) is 13.8. The second-order valence-electron chi connectivity index (χ2n) is 5.80. The van der Waals surface area contributed by atoms with Crippen molar-refractivity contribution in [3.05, 3.63) is 101 Å². The zero-order chi connectivity index (χ0) is 16.9. The van der Waals surface area contributed by atoms with Gasteiger partial charge in [0.05, 0.1) is 0 Å². The van der Waals surface area contributed by atoms with Crippen molar-refractivity contribution in [3.8, 4) is 26.9 Å². The second kappa shape index (κ2) is 7.56. The third-order valence-corrected chi connectivity index (χ3v) is 6.36. The number of hydrogen-bond donors (Lipinski definition) is 0. The molecule has 0 aliphatic rings. The molecule has 0 fully saturated rings. The van der Waals surface area contributed by atoms with E-state index < -0.39 is 0 Å². The van der Waals surface area contributed by atoms with Crippen LogP contribution >= 0.6 is 0 Å². The van der Waals surface area contributed by atoms with E-state index in [1.807, 2.05) is 30.3 Å². The van der Waals surface area contributed by atoms with Crippen molar-refractivity contribution in [1.82, 2.24) is 0 Å². The first kappa shape index (κ1) is 16.0. The Labute approximate surface area is 154 Å². The van der Waals surface area contributed by atoms with Gasteiger partial charge in [0.1, 0.15) is 0 Å². The molecular weight excluding hydrogens is 371 g/mol. The molecule has 1 aromatic heterocycles. The molecule has 0 amide bonds. The Kier molecular flexibility index (Phi) is 4.83. The fourth-order valence-corrected chi connectivity index (χ4v) is 5.18. The van der Waals surface area contributed by atoms with E-state index in [4.69, 9.17) is 4.74 Å². The molecule has 3 aromatic carbocycles. The summed E-state index contributed by atoms with van der Waals surface area (Å²) in [4.78, 5) is 2.36. The Morgan fingerprint density at radius 3 is 1.84 bits per heavy atom. The average Bonchev–Trinajstić information content (AvgIpc) is 3.12. The predicted molar refractivity (Wildman–Crippen MR) is 105 cm³/mol. The molecule has 25 heavy (non-hydrogen) atoms. The molecule has 1 nitrogen and oxygen atoms in total. The molecular formula is C23H18OSe. The summed E-state index contributed by atoms with van der Waals surface area (Å²) in [5.74, 6) is 0.913. The van der Waals surface area contributed by atoms with Gasteiger partial charge in [-0.05, 0) is 0 Å². The number of ether oxygens (including phenoxy) is 1. The molecule has 0 radical (unpaired) electrons. The number of hydrogen-bond acceptors (Lipinski definition) is 1. The van der Waals surface area contributed by atoms with Gasteiger partial charge in [0.2, 0.25) is 0 Å². The van der Waals surface area contributed by atoms with Crippen LogP contribution in [0.25, 0.3) is 21.1 Å². The molecule has 0 bridgehead atoms. The molecule has 0 unspecified atom stereocenters. The summed E-state index contributed by atoms with van der Waals surface area (Å²) >= 11 is 0.321. The van der Waals surface area contributed by atoms with Crippen molar-refractivity contribution in [3.63, 3.8) is 0 Å². The van der Waals surface area contributed by atoms with Crippen LogP contribution in [0, 0.1) is 0 Å². The summed E-state index contributed by atoms with van der Waals surface area (Å²) in [5.41, 5.74) is 5.20. The Balaban J connectivity index is 1.73. The standard InChI is InChI=1S/C23H18OSe/c1-4-10-18(11-5-1)22-20(16-24-21-14-8-3-9-15-21)17-25-23(22)19-12-6-2-7-13-19/h1-15,17H,16H2. The topological polar surface area (TPSA) is 9.23 Å². The van der Waals surface area contributed by atoms with Gasteiger partial charge in [-0.3, -0.25) is 0 Å². The minimum atomic E-state index is 0.321. The van der Waals surface area contributed by atoms with Crippen LogP contribution in [0.2, 0.25) is 0 Å². The third-order valence-electron chi connectivity index (χ3n) is 4.10. The van der Waals surface area contributed by atoms with Gasteiger partial charge in [0.15, 0.2) is 0 Å². The summed E-state index contributed by atoms with van der Waals surface area (Å²) < 4.78 is 7.47. The SMILES string of the molecule is c1ccc(OCc2c[se]c(-c3ccccc3)c2-c2ccccc2)cc1. The Hall–Kier alpha value is -2.54. The van der Waals surface area contributed by atoms with Crippen LogP contribution in [0.15, 0.2) is 95.9 Å². The number of benzene rings is 3. The molecule has 0 aliphatic carbocycles. The molecule has 0 spiro atoms. The Morgan fingerprint density at radius 2 is 1.20 bits per heavy atom. The molecule has 4 rings (SSSR count). The molecule has 4 aromatic rings. The summed E-state index contributed by atoms with van der Waals surface area (Å²) in [5, 5.41) is 0. The quantitative estimate of drug-likeness (QED) is 0.401. The molecule has 0 N–H and O–H groups in total. The van der Waals surface area contributed by atoms with Gasteiger partial charge in [-0.25, -0.2) is 0 Å². The van der Waals surface area contributed by atoms with E-state index in [0.29, 0.717) is 21.1 Å². The van der Waals surface area contributed by atoms with Gasteiger partial charge in [-0.1, -0.05) is 0 Å². The van der Waals surface area contributed by atoms with Gasteiger partial charge < -0.3 is 0 Å². The van der Waals surface area contributed by atoms with Crippen molar-refractivity contribution in [2.45, 2.75) is 6.61 Å². The first-order valence-corrected chi connectivity index (χ1v) is 10.2. The van der Waals surface area contributed by atoms with Crippen LogP contribution < -0.4 is 4.74 Å². The van der Waals surface area contributed by atoms with Crippen molar-refractivity contribution in [2.75, 3.05) is 0 Å². The zero-order valence-corrected chi connectivity index (χ0v) is 15.5. The van der Waals surface area contributed by atoms with E-state index in [-0.39, 0.29) is 0 Å². The van der Waals surface area contributed by atoms with E-state index in [2.05, 4.69) is 65.6 Å². The van der Waals surface area contributed by atoms with Gasteiger partial charge in [-0.15, -0.1) is 0 Å². The third kappa shape index (κ3) is 3.61. The minimum absolute atomic E-state index is 0.321. The van der Waals surface area contributed by atoms with Gasteiger partial charge >= 0.3 is 154 Å². The van der Waals surface area contributed by atoms with E-state index in [1.165, 1.54) is 26.7 Å². The predicted octanol–water partition coefficient (Wildman–Crippen LogP) is 5.66. The maximum atomic E-state index is 6.03. The second-order valence-corrected chi connectivity index (χ2v) is 7.64. The average molecular weight is 389 g/mol. The van der Waals surface area contributed by atoms with Crippen LogP contribution in [0.1, 0.15) is 5.56 Å². The summed E-state index contributed by atoms with van der Waals surface area (Å²) in [7, 11) is 0. The van der Waals surface area contributed by atoms with E-state index in [0.717, 1.165) is 5.75 Å². The van der Waals surface area contributed by atoms with E-state index >= 15 is 0 Å². The fraction of sp³-hybridized carbons (Fsp3) is 0.0435. The molecule has 1 heterocycles. The molecule has 0 saturated heterocycles. The van der Waals surface area contributed by atoms with E-state index in [1.54, 1.807) is 0 Å². The maximum absolute atomic E-state index is 6.03. The number of rotatable bonds is 5. The van der Waals surface area contributed by atoms with Crippen LogP contribution in [-0.2, 0) is 6.61 Å². The fourth-order valence-electron chi connectivity index (χ4n) is 2.90. The summed E-state index contributed by atoms with van der Waals surface area (Å²) in [6.07, 6.45) is 0. The van der Waals surface area contributed by atoms with Crippen molar-refractivity contribution < 1.29 is 4.74 Å².